The van der Waals surface area contributed by atoms with E-state index in [2.05, 4.69) is 34.0 Å². The topological polar surface area (TPSA) is 50.3 Å². The standard InChI is InChI=1S/C13H24N4O/c1-6-18-8-7-17(5)13-11(10(2)3)12(14-4)15-9-16-13/h9-10H,6-8H2,1-5H3,(H,14,15,16). The molecule has 0 aliphatic heterocycles. The lowest BCUT2D eigenvalue weighted by Gasteiger charge is -2.23. The summed E-state index contributed by atoms with van der Waals surface area (Å²) in [7, 11) is 3.92. The smallest absolute Gasteiger partial charge is 0.137 e. The molecular weight excluding hydrogens is 228 g/mol. The second-order valence-corrected chi connectivity index (χ2v) is 4.48. The van der Waals surface area contributed by atoms with Crippen LogP contribution in [-0.2, 0) is 4.74 Å². The van der Waals surface area contributed by atoms with Gasteiger partial charge in [-0.05, 0) is 12.8 Å². The minimum absolute atomic E-state index is 0.373. The average Bonchev–Trinajstić information content (AvgIpc) is 2.37. The molecule has 0 amide bonds. The van der Waals surface area contributed by atoms with Gasteiger partial charge in [-0.3, -0.25) is 0 Å². The van der Waals surface area contributed by atoms with Crippen LogP contribution in [0.2, 0.25) is 0 Å². The predicted molar refractivity (Wildman–Crippen MR) is 75.4 cm³/mol. The minimum Gasteiger partial charge on any atom is -0.380 e. The van der Waals surface area contributed by atoms with E-state index < -0.39 is 0 Å². The zero-order valence-electron chi connectivity index (χ0n) is 12.0. The van der Waals surface area contributed by atoms with Crippen LogP contribution < -0.4 is 10.2 Å². The first-order valence-corrected chi connectivity index (χ1v) is 6.43. The van der Waals surface area contributed by atoms with Crippen molar-refractivity contribution in [1.82, 2.24) is 9.97 Å². The molecule has 1 aromatic heterocycles. The second-order valence-electron chi connectivity index (χ2n) is 4.48. The van der Waals surface area contributed by atoms with Crippen molar-refractivity contribution in [2.45, 2.75) is 26.7 Å². The first-order valence-electron chi connectivity index (χ1n) is 6.43. The Bertz CT molecular complexity index is 368. The average molecular weight is 252 g/mol. The fourth-order valence-corrected chi connectivity index (χ4v) is 1.87. The maximum Gasteiger partial charge on any atom is 0.137 e. The van der Waals surface area contributed by atoms with Crippen LogP contribution in [0.25, 0.3) is 0 Å². The lowest BCUT2D eigenvalue weighted by Crippen LogP contribution is -2.25. The summed E-state index contributed by atoms with van der Waals surface area (Å²) in [5.74, 6) is 2.25. The lowest BCUT2D eigenvalue weighted by molar-refractivity contribution is 0.154. The zero-order valence-corrected chi connectivity index (χ0v) is 12.0. The molecule has 1 N–H and O–H groups in total. The van der Waals surface area contributed by atoms with Gasteiger partial charge in [-0.2, -0.15) is 0 Å². The van der Waals surface area contributed by atoms with E-state index >= 15 is 0 Å². The molecule has 0 saturated heterocycles. The maximum atomic E-state index is 5.38. The fourth-order valence-electron chi connectivity index (χ4n) is 1.87. The highest BCUT2D eigenvalue weighted by molar-refractivity contribution is 5.59. The Morgan fingerprint density at radius 2 is 2.11 bits per heavy atom. The Labute approximate surface area is 110 Å². The van der Waals surface area contributed by atoms with Crippen molar-refractivity contribution in [3.63, 3.8) is 0 Å². The molecule has 0 aliphatic rings. The number of rotatable bonds is 7. The molecule has 0 unspecified atom stereocenters. The summed E-state index contributed by atoms with van der Waals surface area (Å²) in [4.78, 5) is 10.8. The van der Waals surface area contributed by atoms with Gasteiger partial charge in [-0.25, -0.2) is 9.97 Å². The van der Waals surface area contributed by atoms with Crippen LogP contribution in [0.5, 0.6) is 0 Å². The Morgan fingerprint density at radius 3 is 2.67 bits per heavy atom. The monoisotopic (exact) mass is 252 g/mol. The van der Waals surface area contributed by atoms with Crippen LogP contribution in [-0.4, -0.2) is 43.8 Å². The van der Waals surface area contributed by atoms with Crippen LogP contribution in [0, 0.1) is 0 Å². The van der Waals surface area contributed by atoms with Gasteiger partial charge in [0.1, 0.15) is 18.0 Å². The van der Waals surface area contributed by atoms with Gasteiger partial charge in [0.25, 0.3) is 0 Å². The number of hydrogen-bond acceptors (Lipinski definition) is 5. The number of aromatic nitrogens is 2. The molecule has 0 aromatic carbocycles. The third kappa shape index (κ3) is 3.57. The third-order valence-electron chi connectivity index (χ3n) is 2.81. The van der Waals surface area contributed by atoms with Crippen molar-refractivity contribution in [2.75, 3.05) is 44.1 Å². The van der Waals surface area contributed by atoms with E-state index in [-0.39, 0.29) is 0 Å². The largest absolute Gasteiger partial charge is 0.380 e. The summed E-state index contributed by atoms with van der Waals surface area (Å²) in [6.45, 7) is 8.59. The number of likely N-dealkylation sites (N-methyl/N-ethyl adjacent to an activating group) is 1. The van der Waals surface area contributed by atoms with Gasteiger partial charge >= 0.3 is 0 Å². The van der Waals surface area contributed by atoms with Gasteiger partial charge in [0.2, 0.25) is 0 Å². The number of anilines is 2. The lowest BCUT2D eigenvalue weighted by atomic mass is 10.0. The van der Waals surface area contributed by atoms with Crippen LogP contribution in [0.3, 0.4) is 0 Å². The number of ether oxygens (including phenoxy) is 1. The van der Waals surface area contributed by atoms with E-state index in [1.165, 1.54) is 0 Å². The molecule has 18 heavy (non-hydrogen) atoms. The van der Waals surface area contributed by atoms with Crippen molar-refractivity contribution in [1.29, 1.82) is 0 Å². The Balaban J connectivity index is 2.92. The summed E-state index contributed by atoms with van der Waals surface area (Å²) in [5, 5.41) is 3.13. The summed E-state index contributed by atoms with van der Waals surface area (Å²) in [6, 6.07) is 0. The minimum atomic E-state index is 0.373. The van der Waals surface area contributed by atoms with Gasteiger partial charge in [0.15, 0.2) is 0 Å². The molecule has 1 aromatic rings. The second kappa shape index (κ2) is 7.16. The highest BCUT2D eigenvalue weighted by Gasteiger charge is 2.16. The molecule has 0 saturated carbocycles. The highest BCUT2D eigenvalue weighted by atomic mass is 16.5. The molecule has 5 heteroatoms. The molecule has 0 spiro atoms. The summed E-state index contributed by atoms with van der Waals surface area (Å²) in [5.41, 5.74) is 1.15. The summed E-state index contributed by atoms with van der Waals surface area (Å²) in [6.07, 6.45) is 1.60. The Kier molecular flexibility index (Phi) is 5.85. The summed E-state index contributed by atoms with van der Waals surface area (Å²) < 4.78 is 5.38. The van der Waals surface area contributed by atoms with Gasteiger partial charge in [-0.15, -0.1) is 0 Å². The maximum absolute atomic E-state index is 5.38. The van der Waals surface area contributed by atoms with Gasteiger partial charge in [0, 0.05) is 32.8 Å². The number of nitrogens with one attached hydrogen (secondary N) is 1. The Hall–Kier alpha value is -1.36. The normalized spacial score (nSPS) is 10.8. The molecule has 102 valence electrons. The molecule has 1 heterocycles. The SMILES string of the molecule is CCOCCN(C)c1ncnc(NC)c1C(C)C. The first kappa shape index (κ1) is 14.7. The van der Waals surface area contributed by atoms with Crippen LogP contribution in [0.15, 0.2) is 6.33 Å². The zero-order chi connectivity index (χ0) is 13.5. The number of hydrogen-bond donors (Lipinski definition) is 1. The van der Waals surface area contributed by atoms with Gasteiger partial charge < -0.3 is 15.0 Å². The molecule has 0 aliphatic carbocycles. The van der Waals surface area contributed by atoms with E-state index in [0.717, 1.165) is 30.4 Å². The number of nitrogens with zero attached hydrogens (tertiary/aromatic N) is 3. The van der Waals surface area contributed by atoms with E-state index in [0.29, 0.717) is 12.5 Å². The van der Waals surface area contributed by atoms with E-state index in [4.69, 9.17) is 4.74 Å². The fraction of sp³-hybridized carbons (Fsp3) is 0.692. The highest BCUT2D eigenvalue weighted by Crippen LogP contribution is 2.29. The van der Waals surface area contributed by atoms with E-state index in [9.17, 15) is 0 Å². The van der Waals surface area contributed by atoms with Crippen molar-refractivity contribution >= 4 is 11.6 Å². The summed E-state index contributed by atoms with van der Waals surface area (Å²) >= 11 is 0. The van der Waals surface area contributed by atoms with Gasteiger partial charge in [-0.1, -0.05) is 13.8 Å². The quantitative estimate of drug-likeness (QED) is 0.753. The molecule has 0 radical (unpaired) electrons. The predicted octanol–water partition coefficient (Wildman–Crippen LogP) is 2.11. The first-order chi connectivity index (χ1) is 8.61. The van der Waals surface area contributed by atoms with Crippen LogP contribution in [0.1, 0.15) is 32.3 Å². The van der Waals surface area contributed by atoms with Crippen molar-refractivity contribution in [3.05, 3.63) is 11.9 Å². The Morgan fingerprint density at radius 1 is 1.39 bits per heavy atom. The van der Waals surface area contributed by atoms with Crippen LogP contribution in [0.4, 0.5) is 11.6 Å². The molecule has 1 rings (SSSR count). The molecular formula is C13H24N4O. The molecule has 0 bridgehead atoms. The van der Waals surface area contributed by atoms with E-state index in [1.54, 1.807) is 6.33 Å². The molecule has 0 fully saturated rings. The van der Waals surface area contributed by atoms with Crippen molar-refractivity contribution in [3.8, 4) is 0 Å². The third-order valence-corrected chi connectivity index (χ3v) is 2.81. The van der Waals surface area contributed by atoms with E-state index in [1.807, 2.05) is 21.0 Å². The van der Waals surface area contributed by atoms with Gasteiger partial charge in [0.05, 0.1) is 6.61 Å². The van der Waals surface area contributed by atoms with Crippen molar-refractivity contribution < 1.29 is 4.74 Å². The van der Waals surface area contributed by atoms with Crippen LogP contribution >= 0.6 is 0 Å². The van der Waals surface area contributed by atoms with Crippen molar-refractivity contribution in [2.24, 2.45) is 0 Å². The molecule has 0 atom stereocenters. The molecule has 5 nitrogen and oxygen atoms in total.